The summed E-state index contributed by atoms with van der Waals surface area (Å²) >= 11 is 0. The molecular weight excluding hydrogens is 348 g/mol. The van der Waals surface area contributed by atoms with Crippen molar-refractivity contribution >= 4 is 0 Å². The molecule has 28 heavy (non-hydrogen) atoms. The molecule has 0 aromatic carbocycles. The van der Waals surface area contributed by atoms with Crippen molar-refractivity contribution in [2.24, 2.45) is 0 Å². The van der Waals surface area contributed by atoms with Crippen LogP contribution < -0.4 is 5.32 Å². The Kier molecular flexibility index (Phi) is 8.45. The van der Waals surface area contributed by atoms with Crippen molar-refractivity contribution < 1.29 is 0 Å². The molecule has 0 radical (unpaired) electrons. The first-order valence-corrected chi connectivity index (χ1v) is 11.3. The fourth-order valence-corrected chi connectivity index (χ4v) is 4.84. The molecule has 2 heterocycles. The minimum absolute atomic E-state index is 0.261. The van der Waals surface area contributed by atoms with Crippen LogP contribution in [0.1, 0.15) is 57.8 Å². The second-order valence-electron chi connectivity index (χ2n) is 8.41. The summed E-state index contributed by atoms with van der Waals surface area (Å²) in [5.74, 6) is 0.882. The van der Waals surface area contributed by atoms with Gasteiger partial charge in [0.25, 0.3) is 0 Å². The van der Waals surface area contributed by atoms with Crippen LogP contribution in [0.15, 0.2) is 11.5 Å². The summed E-state index contributed by atoms with van der Waals surface area (Å²) in [5.41, 5.74) is 0.261. The van der Waals surface area contributed by atoms with Gasteiger partial charge in [-0.05, 0) is 51.7 Å². The first kappa shape index (κ1) is 21.0. The van der Waals surface area contributed by atoms with Crippen molar-refractivity contribution in [3.8, 4) is 6.07 Å². The Morgan fingerprint density at radius 2 is 1.64 bits per heavy atom. The Labute approximate surface area is 171 Å². The van der Waals surface area contributed by atoms with Crippen LogP contribution in [0.5, 0.6) is 0 Å². The molecule has 154 valence electrons. The Morgan fingerprint density at radius 1 is 0.964 bits per heavy atom. The SMILES string of the molecule is [C-]#[N+]C(C#N)=C1N(CCCNC2CCCCC2)CCN1CCN1CCCCC1. The van der Waals surface area contributed by atoms with Gasteiger partial charge in [-0.2, -0.15) is 0 Å². The molecule has 0 spiro atoms. The van der Waals surface area contributed by atoms with Gasteiger partial charge in [-0.1, -0.05) is 25.7 Å². The number of nitriles is 1. The molecule has 0 unspecified atom stereocenters. The van der Waals surface area contributed by atoms with Gasteiger partial charge in [-0.15, -0.1) is 0 Å². The number of hydrogen-bond donors (Lipinski definition) is 1. The Morgan fingerprint density at radius 3 is 2.32 bits per heavy atom. The van der Waals surface area contributed by atoms with E-state index in [1.165, 1.54) is 64.5 Å². The van der Waals surface area contributed by atoms with Crippen LogP contribution in [0.4, 0.5) is 0 Å². The highest BCUT2D eigenvalue weighted by Gasteiger charge is 2.28. The average molecular weight is 385 g/mol. The molecule has 0 amide bonds. The lowest BCUT2D eigenvalue weighted by atomic mass is 9.95. The average Bonchev–Trinajstić information content (AvgIpc) is 3.15. The zero-order chi connectivity index (χ0) is 19.6. The van der Waals surface area contributed by atoms with Crippen molar-refractivity contribution in [2.75, 3.05) is 52.4 Å². The van der Waals surface area contributed by atoms with Gasteiger partial charge in [0.1, 0.15) is 5.82 Å². The third kappa shape index (κ3) is 5.87. The first-order valence-electron chi connectivity index (χ1n) is 11.3. The maximum Gasteiger partial charge on any atom is 0.300 e. The van der Waals surface area contributed by atoms with Crippen molar-refractivity contribution in [2.45, 2.75) is 63.8 Å². The lowest BCUT2D eigenvalue weighted by molar-refractivity contribution is 0.202. The van der Waals surface area contributed by atoms with Gasteiger partial charge in [-0.3, -0.25) is 0 Å². The van der Waals surface area contributed by atoms with Gasteiger partial charge in [-0.25, -0.2) is 10.1 Å². The molecule has 3 aliphatic rings. The zero-order valence-electron chi connectivity index (χ0n) is 17.3. The third-order valence-corrected chi connectivity index (χ3v) is 6.45. The maximum absolute atomic E-state index is 9.48. The largest absolute Gasteiger partial charge is 0.365 e. The number of nitrogens with one attached hydrogen (secondary N) is 1. The van der Waals surface area contributed by atoms with Crippen molar-refractivity contribution in [3.63, 3.8) is 0 Å². The predicted octanol–water partition coefficient (Wildman–Crippen LogP) is 3.01. The minimum atomic E-state index is 0.261. The van der Waals surface area contributed by atoms with Crippen LogP contribution in [0.2, 0.25) is 0 Å². The molecule has 0 aromatic rings. The Balaban J connectivity index is 1.49. The van der Waals surface area contributed by atoms with Gasteiger partial charge >= 0.3 is 5.70 Å². The molecular formula is C22H36N6. The van der Waals surface area contributed by atoms with E-state index in [1.54, 1.807) is 0 Å². The van der Waals surface area contributed by atoms with Crippen LogP contribution in [-0.2, 0) is 0 Å². The van der Waals surface area contributed by atoms with Crippen LogP contribution in [-0.4, -0.2) is 73.1 Å². The van der Waals surface area contributed by atoms with E-state index in [-0.39, 0.29) is 5.70 Å². The molecule has 2 saturated heterocycles. The molecule has 6 nitrogen and oxygen atoms in total. The maximum atomic E-state index is 9.48. The second-order valence-corrected chi connectivity index (χ2v) is 8.41. The molecule has 0 atom stereocenters. The normalized spacial score (nSPS) is 23.5. The summed E-state index contributed by atoms with van der Waals surface area (Å²) in [6, 6.07) is 2.84. The smallest absolute Gasteiger partial charge is 0.300 e. The molecule has 3 fully saturated rings. The Hall–Kier alpha value is -1.76. The number of allylic oxidation sites excluding steroid dienone is 1. The van der Waals surface area contributed by atoms with E-state index in [9.17, 15) is 5.26 Å². The number of nitrogens with zero attached hydrogens (tertiary/aromatic N) is 5. The minimum Gasteiger partial charge on any atom is -0.365 e. The molecule has 3 rings (SSSR count). The van der Waals surface area contributed by atoms with Gasteiger partial charge in [0.2, 0.25) is 0 Å². The van der Waals surface area contributed by atoms with E-state index in [0.29, 0.717) is 6.04 Å². The quantitative estimate of drug-likeness (QED) is 0.396. The lowest BCUT2D eigenvalue weighted by Crippen LogP contribution is -2.37. The molecule has 0 bridgehead atoms. The fourth-order valence-electron chi connectivity index (χ4n) is 4.84. The zero-order valence-corrected chi connectivity index (χ0v) is 17.3. The summed E-state index contributed by atoms with van der Waals surface area (Å²) in [6.45, 7) is 15.6. The summed E-state index contributed by atoms with van der Waals surface area (Å²) < 4.78 is 0. The van der Waals surface area contributed by atoms with Gasteiger partial charge in [0, 0.05) is 38.8 Å². The lowest BCUT2D eigenvalue weighted by Gasteiger charge is -2.30. The topological polar surface area (TPSA) is 49.9 Å². The number of rotatable bonds is 8. The van der Waals surface area contributed by atoms with E-state index >= 15 is 0 Å². The highest BCUT2D eigenvalue weighted by molar-refractivity contribution is 5.33. The van der Waals surface area contributed by atoms with Gasteiger partial charge in [0.05, 0.1) is 12.6 Å². The van der Waals surface area contributed by atoms with Crippen LogP contribution in [0.25, 0.3) is 4.85 Å². The summed E-state index contributed by atoms with van der Waals surface area (Å²) in [6.07, 6.45) is 11.8. The van der Waals surface area contributed by atoms with Crippen molar-refractivity contribution in [1.29, 1.82) is 5.26 Å². The predicted molar refractivity (Wildman–Crippen MR) is 112 cm³/mol. The Bertz CT molecular complexity index is 573. The monoisotopic (exact) mass is 384 g/mol. The van der Waals surface area contributed by atoms with Crippen molar-refractivity contribution in [3.05, 3.63) is 22.9 Å². The molecule has 0 aromatic heterocycles. The summed E-state index contributed by atoms with van der Waals surface area (Å²) in [5, 5.41) is 13.2. The van der Waals surface area contributed by atoms with E-state index in [2.05, 4.69) is 30.9 Å². The highest BCUT2D eigenvalue weighted by Crippen LogP contribution is 2.23. The summed E-state index contributed by atoms with van der Waals surface area (Å²) in [7, 11) is 0. The number of piperidine rings is 1. The van der Waals surface area contributed by atoms with E-state index < -0.39 is 0 Å². The van der Waals surface area contributed by atoms with E-state index in [0.717, 1.165) is 51.5 Å². The van der Waals surface area contributed by atoms with E-state index in [4.69, 9.17) is 6.57 Å². The van der Waals surface area contributed by atoms with E-state index in [1.807, 2.05) is 0 Å². The number of likely N-dealkylation sites (tertiary alicyclic amines) is 1. The standard InChI is InChI=1S/C22H36N6/c1-24-21(19-23)22-27(14-8-11-25-20-9-4-2-5-10-20)17-18-28(22)16-15-26-12-6-3-7-13-26/h20,25H,2-18H2. The highest BCUT2D eigenvalue weighted by atomic mass is 15.4. The second kappa shape index (κ2) is 11.3. The third-order valence-electron chi connectivity index (χ3n) is 6.45. The molecule has 6 heteroatoms. The van der Waals surface area contributed by atoms with Crippen LogP contribution in [0, 0.1) is 17.9 Å². The fraction of sp³-hybridized carbons (Fsp3) is 0.818. The first-order chi connectivity index (χ1) is 13.8. The van der Waals surface area contributed by atoms with Gasteiger partial charge in [0.15, 0.2) is 0 Å². The molecule has 2 aliphatic heterocycles. The van der Waals surface area contributed by atoms with Crippen molar-refractivity contribution in [1.82, 2.24) is 20.0 Å². The van der Waals surface area contributed by atoms with Gasteiger partial charge < -0.3 is 20.0 Å². The van der Waals surface area contributed by atoms with Crippen LogP contribution >= 0.6 is 0 Å². The molecule has 1 saturated carbocycles. The summed E-state index contributed by atoms with van der Waals surface area (Å²) in [4.78, 5) is 10.6. The molecule has 1 N–H and O–H groups in total. The molecule has 1 aliphatic carbocycles. The number of hydrogen-bond acceptors (Lipinski definition) is 5. The van der Waals surface area contributed by atoms with Crippen LogP contribution in [0.3, 0.4) is 0 Å².